The normalized spacial score (nSPS) is 19.8. The van der Waals surface area contributed by atoms with Crippen molar-refractivity contribution in [3.8, 4) is 0 Å². The van der Waals surface area contributed by atoms with Crippen LogP contribution in [-0.4, -0.2) is 31.1 Å². The Morgan fingerprint density at radius 1 is 1.38 bits per heavy atom. The third kappa shape index (κ3) is 3.74. The second kappa shape index (κ2) is 6.60. The molecule has 1 aliphatic rings. The van der Waals surface area contributed by atoms with Crippen molar-refractivity contribution < 1.29 is 0 Å². The quantitative estimate of drug-likeness (QED) is 0.923. The van der Waals surface area contributed by atoms with E-state index < -0.39 is 0 Å². The van der Waals surface area contributed by atoms with E-state index in [9.17, 15) is 0 Å². The molecule has 0 aliphatic carbocycles. The predicted molar refractivity (Wildman–Crippen MR) is 74.1 cm³/mol. The summed E-state index contributed by atoms with van der Waals surface area (Å²) in [7, 11) is 2.21. The Hall–Kier alpha value is -0.0900. The molecule has 0 aromatic heterocycles. The van der Waals surface area contributed by atoms with Crippen molar-refractivity contribution in [2.75, 3.05) is 20.1 Å². The maximum Gasteiger partial charge on any atom is 0.0234 e. The molecule has 1 atom stereocenters. The van der Waals surface area contributed by atoms with Gasteiger partial charge in [0.25, 0.3) is 0 Å². The van der Waals surface area contributed by atoms with Crippen molar-refractivity contribution in [2.45, 2.75) is 19.0 Å². The van der Waals surface area contributed by atoms with Crippen LogP contribution in [-0.2, 0) is 6.54 Å². The van der Waals surface area contributed by atoms with Crippen molar-refractivity contribution in [1.82, 2.24) is 10.2 Å². The minimum absolute atomic E-state index is 0. The molecular weight excluding hydrogens is 288 g/mol. The third-order valence-corrected chi connectivity index (χ3v) is 3.53. The van der Waals surface area contributed by atoms with E-state index in [1.165, 1.54) is 12.0 Å². The van der Waals surface area contributed by atoms with E-state index in [0.717, 1.165) is 24.1 Å². The van der Waals surface area contributed by atoms with Crippen LogP contribution in [0.3, 0.4) is 0 Å². The third-order valence-electron chi connectivity index (χ3n) is 3.00. The molecule has 1 aliphatic heterocycles. The summed E-state index contributed by atoms with van der Waals surface area (Å²) in [4.78, 5) is 2.43. The molecule has 2 rings (SSSR count). The van der Waals surface area contributed by atoms with Gasteiger partial charge in [0.1, 0.15) is 0 Å². The number of hydrogen-bond acceptors (Lipinski definition) is 2. The Bertz CT molecular complexity index is 309. The zero-order valence-electron chi connectivity index (χ0n) is 9.45. The van der Waals surface area contributed by atoms with Crippen molar-refractivity contribution in [3.05, 3.63) is 34.3 Å². The summed E-state index contributed by atoms with van der Waals surface area (Å²) in [6.07, 6.45) is 1.27. The highest BCUT2D eigenvalue weighted by molar-refractivity contribution is 9.10. The highest BCUT2D eigenvalue weighted by Gasteiger charge is 2.18. The maximum absolute atomic E-state index is 3.45. The summed E-state index contributed by atoms with van der Waals surface area (Å²) in [5.74, 6) is 0. The van der Waals surface area contributed by atoms with Gasteiger partial charge in [-0.1, -0.05) is 28.1 Å². The van der Waals surface area contributed by atoms with Gasteiger partial charge in [0, 0.05) is 23.6 Å². The van der Waals surface area contributed by atoms with E-state index in [2.05, 4.69) is 57.5 Å². The summed E-state index contributed by atoms with van der Waals surface area (Å²) < 4.78 is 1.15. The Labute approximate surface area is 112 Å². The first-order valence-electron chi connectivity index (χ1n) is 5.41. The molecule has 0 spiro atoms. The highest BCUT2D eigenvalue weighted by atomic mass is 79.9. The topological polar surface area (TPSA) is 15.3 Å². The van der Waals surface area contributed by atoms with Crippen molar-refractivity contribution in [3.63, 3.8) is 0 Å². The lowest BCUT2D eigenvalue weighted by Gasteiger charge is -2.23. The molecule has 2 nitrogen and oxygen atoms in total. The van der Waals surface area contributed by atoms with Crippen LogP contribution in [0.1, 0.15) is 12.0 Å². The second-order valence-electron chi connectivity index (χ2n) is 4.19. The molecule has 1 aromatic rings. The monoisotopic (exact) mass is 304 g/mol. The highest BCUT2D eigenvalue weighted by Crippen LogP contribution is 2.14. The Kier molecular flexibility index (Phi) is 5.76. The van der Waals surface area contributed by atoms with Gasteiger partial charge >= 0.3 is 0 Å². The lowest BCUT2D eigenvalue weighted by molar-refractivity contribution is 0.249. The molecule has 0 radical (unpaired) electrons. The summed E-state index contributed by atoms with van der Waals surface area (Å²) in [6, 6.07) is 9.28. The summed E-state index contributed by atoms with van der Waals surface area (Å²) in [5, 5.41) is 3.40. The van der Waals surface area contributed by atoms with E-state index in [0.29, 0.717) is 6.04 Å². The molecular formula is C12H18BrClN2. The zero-order valence-corrected chi connectivity index (χ0v) is 11.9. The van der Waals surface area contributed by atoms with Gasteiger partial charge in [0.2, 0.25) is 0 Å². The van der Waals surface area contributed by atoms with E-state index in [-0.39, 0.29) is 12.4 Å². The fraction of sp³-hybridized carbons (Fsp3) is 0.500. The van der Waals surface area contributed by atoms with Gasteiger partial charge in [-0.25, -0.2) is 0 Å². The fourth-order valence-electron chi connectivity index (χ4n) is 2.02. The molecule has 1 fully saturated rings. The average Bonchev–Trinajstić information content (AvgIpc) is 2.74. The molecule has 1 heterocycles. The first-order chi connectivity index (χ1) is 7.25. The van der Waals surface area contributed by atoms with Crippen molar-refractivity contribution in [1.29, 1.82) is 0 Å². The Morgan fingerprint density at radius 2 is 2.06 bits per heavy atom. The van der Waals surface area contributed by atoms with Gasteiger partial charge in [-0.2, -0.15) is 0 Å². The van der Waals surface area contributed by atoms with Gasteiger partial charge in [-0.05, 0) is 37.7 Å². The molecule has 0 amide bonds. The molecule has 4 heteroatoms. The molecule has 1 N–H and O–H groups in total. The van der Waals surface area contributed by atoms with Crippen LogP contribution >= 0.6 is 28.3 Å². The number of hydrogen-bond donors (Lipinski definition) is 1. The molecule has 16 heavy (non-hydrogen) atoms. The van der Waals surface area contributed by atoms with E-state index in [1.807, 2.05) is 0 Å². The minimum Gasteiger partial charge on any atom is -0.315 e. The fourth-order valence-corrected chi connectivity index (χ4v) is 2.29. The smallest absolute Gasteiger partial charge is 0.0234 e. The first-order valence-corrected chi connectivity index (χ1v) is 6.20. The number of nitrogens with one attached hydrogen (secondary N) is 1. The number of likely N-dealkylation sites (N-methyl/N-ethyl adjacent to an activating group) is 1. The molecule has 90 valence electrons. The van der Waals surface area contributed by atoms with Crippen LogP contribution in [0, 0.1) is 0 Å². The van der Waals surface area contributed by atoms with Crippen LogP contribution in [0.15, 0.2) is 28.7 Å². The SMILES string of the molecule is CN(Cc1ccc(Br)cc1)C1CCNC1.Cl. The van der Waals surface area contributed by atoms with Crippen LogP contribution in [0.25, 0.3) is 0 Å². The maximum atomic E-state index is 3.45. The van der Waals surface area contributed by atoms with Crippen LogP contribution in [0.4, 0.5) is 0 Å². The predicted octanol–water partition coefficient (Wildman–Crippen LogP) is 2.66. The van der Waals surface area contributed by atoms with Gasteiger partial charge in [-0.15, -0.1) is 12.4 Å². The summed E-state index contributed by atoms with van der Waals surface area (Å²) in [6.45, 7) is 3.34. The summed E-state index contributed by atoms with van der Waals surface area (Å²) >= 11 is 3.45. The largest absolute Gasteiger partial charge is 0.315 e. The first kappa shape index (κ1) is 14.0. The molecule has 0 saturated carbocycles. The number of halogens is 2. The van der Waals surface area contributed by atoms with Crippen LogP contribution in [0.5, 0.6) is 0 Å². The van der Waals surface area contributed by atoms with Gasteiger partial charge in [0.15, 0.2) is 0 Å². The van der Waals surface area contributed by atoms with E-state index >= 15 is 0 Å². The standard InChI is InChI=1S/C12H17BrN2.ClH/c1-15(12-6-7-14-8-12)9-10-2-4-11(13)5-3-10;/h2-5,12,14H,6-9H2,1H3;1H. The van der Waals surface area contributed by atoms with E-state index in [4.69, 9.17) is 0 Å². The second-order valence-corrected chi connectivity index (χ2v) is 5.10. The molecule has 1 unspecified atom stereocenters. The van der Waals surface area contributed by atoms with Crippen molar-refractivity contribution in [2.24, 2.45) is 0 Å². The van der Waals surface area contributed by atoms with Gasteiger partial charge in [-0.3, -0.25) is 4.90 Å². The number of benzene rings is 1. The number of rotatable bonds is 3. The van der Waals surface area contributed by atoms with Crippen LogP contribution < -0.4 is 5.32 Å². The lowest BCUT2D eigenvalue weighted by Crippen LogP contribution is -2.32. The molecule has 0 bridgehead atoms. The zero-order chi connectivity index (χ0) is 10.7. The number of nitrogens with zero attached hydrogens (tertiary/aromatic N) is 1. The van der Waals surface area contributed by atoms with Gasteiger partial charge < -0.3 is 5.32 Å². The molecule has 1 aromatic carbocycles. The van der Waals surface area contributed by atoms with E-state index in [1.54, 1.807) is 0 Å². The van der Waals surface area contributed by atoms with Crippen LogP contribution in [0.2, 0.25) is 0 Å². The Balaban J connectivity index is 0.00000128. The lowest BCUT2D eigenvalue weighted by atomic mass is 10.1. The van der Waals surface area contributed by atoms with Gasteiger partial charge in [0.05, 0.1) is 0 Å². The Morgan fingerprint density at radius 3 is 2.62 bits per heavy atom. The van der Waals surface area contributed by atoms with Crippen molar-refractivity contribution >= 4 is 28.3 Å². The summed E-state index contributed by atoms with van der Waals surface area (Å²) in [5.41, 5.74) is 1.38. The average molecular weight is 306 g/mol. The minimum atomic E-state index is 0. The molecule has 1 saturated heterocycles.